The van der Waals surface area contributed by atoms with Crippen molar-refractivity contribution in [1.29, 1.82) is 0 Å². The van der Waals surface area contributed by atoms with Gasteiger partial charge in [-0.25, -0.2) is 0 Å². The molecule has 0 saturated heterocycles. The third-order valence-electron chi connectivity index (χ3n) is 4.76. The van der Waals surface area contributed by atoms with E-state index in [2.05, 4.69) is 67.6 Å². The summed E-state index contributed by atoms with van der Waals surface area (Å²) < 4.78 is 0. The zero-order valence-electron chi connectivity index (χ0n) is 13.6. The van der Waals surface area contributed by atoms with E-state index in [1.807, 2.05) is 0 Å². The van der Waals surface area contributed by atoms with Crippen LogP contribution in [0.3, 0.4) is 0 Å². The highest BCUT2D eigenvalue weighted by Gasteiger charge is 2.23. The van der Waals surface area contributed by atoms with E-state index in [0.29, 0.717) is 5.92 Å². The molecule has 0 fully saturated rings. The fourth-order valence-corrected chi connectivity index (χ4v) is 3.64. The van der Waals surface area contributed by atoms with Crippen LogP contribution in [0.2, 0.25) is 0 Å². The van der Waals surface area contributed by atoms with Crippen molar-refractivity contribution in [3.05, 3.63) is 76.9 Å². The first-order chi connectivity index (χ1) is 10.9. The van der Waals surface area contributed by atoms with E-state index >= 15 is 0 Å². The van der Waals surface area contributed by atoms with E-state index in [1.165, 1.54) is 49.7 Å². The molecule has 1 aliphatic rings. The highest BCUT2D eigenvalue weighted by atomic mass is 14.3. The summed E-state index contributed by atoms with van der Waals surface area (Å²) in [7, 11) is 0. The molecule has 0 radical (unpaired) electrons. The monoisotopic (exact) mass is 290 g/mol. The normalized spacial score (nSPS) is 16.4. The van der Waals surface area contributed by atoms with Gasteiger partial charge < -0.3 is 0 Å². The average Bonchev–Trinajstić information content (AvgIpc) is 2.91. The maximum Gasteiger partial charge on any atom is 0.00573 e. The lowest BCUT2D eigenvalue weighted by Crippen LogP contribution is -1.99. The van der Waals surface area contributed by atoms with E-state index in [1.54, 1.807) is 11.1 Å². The van der Waals surface area contributed by atoms with Gasteiger partial charge in [0.05, 0.1) is 0 Å². The molecule has 0 aliphatic heterocycles. The topological polar surface area (TPSA) is 0 Å². The van der Waals surface area contributed by atoms with Crippen molar-refractivity contribution >= 4 is 6.08 Å². The van der Waals surface area contributed by atoms with Gasteiger partial charge in [-0.05, 0) is 48.8 Å². The Balaban J connectivity index is 1.56. The summed E-state index contributed by atoms with van der Waals surface area (Å²) in [6.45, 7) is 2.30. The van der Waals surface area contributed by atoms with Gasteiger partial charge in [0, 0.05) is 5.92 Å². The van der Waals surface area contributed by atoms with Gasteiger partial charge in [-0.3, -0.25) is 0 Å². The molecule has 0 spiro atoms. The number of aryl methyl sites for hydroxylation is 1. The minimum atomic E-state index is 0.679. The predicted molar refractivity (Wildman–Crippen MR) is 96.1 cm³/mol. The third-order valence-corrected chi connectivity index (χ3v) is 4.76. The van der Waals surface area contributed by atoms with Crippen LogP contribution in [-0.2, 0) is 6.42 Å². The number of fused-ring (bicyclic) bond motifs is 1. The lowest BCUT2D eigenvalue weighted by atomic mass is 9.89. The van der Waals surface area contributed by atoms with Crippen molar-refractivity contribution in [3.8, 4) is 0 Å². The molecule has 2 aromatic rings. The highest BCUT2D eigenvalue weighted by Crippen LogP contribution is 2.41. The first-order valence-electron chi connectivity index (χ1n) is 8.72. The number of unbranched alkanes of at least 4 members (excludes halogenated alkanes) is 1. The zero-order chi connectivity index (χ0) is 15.2. The molecule has 0 saturated carbocycles. The van der Waals surface area contributed by atoms with Crippen LogP contribution in [0.25, 0.3) is 6.08 Å². The van der Waals surface area contributed by atoms with Crippen LogP contribution in [0, 0.1) is 0 Å². The maximum atomic E-state index is 2.46. The molecular formula is C22H26. The predicted octanol–water partition coefficient (Wildman–Crippen LogP) is 6.38. The van der Waals surface area contributed by atoms with Crippen LogP contribution in [0.1, 0.15) is 61.6 Å². The molecule has 22 heavy (non-hydrogen) atoms. The highest BCUT2D eigenvalue weighted by molar-refractivity contribution is 5.66. The second-order valence-corrected chi connectivity index (χ2v) is 6.38. The average molecular weight is 290 g/mol. The molecule has 0 bridgehead atoms. The van der Waals surface area contributed by atoms with E-state index in [-0.39, 0.29) is 0 Å². The van der Waals surface area contributed by atoms with Crippen LogP contribution in [0.4, 0.5) is 0 Å². The summed E-state index contributed by atoms with van der Waals surface area (Å²) in [4.78, 5) is 0. The third kappa shape index (κ3) is 3.50. The fraction of sp³-hybridized carbons (Fsp3) is 0.364. The van der Waals surface area contributed by atoms with Gasteiger partial charge in [0.1, 0.15) is 0 Å². The molecule has 0 nitrogen and oxygen atoms in total. The summed E-state index contributed by atoms with van der Waals surface area (Å²) in [6, 6.07) is 19.8. The maximum absolute atomic E-state index is 2.46. The Labute approximate surface area is 134 Å². The first kappa shape index (κ1) is 15.1. The summed E-state index contributed by atoms with van der Waals surface area (Å²) in [6.07, 6.45) is 10.1. The molecule has 0 N–H and O–H groups in total. The molecule has 1 atom stereocenters. The Hall–Kier alpha value is -1.82. The molecule has 3 rings (SSSR count). The van der Waals surface area contributed by atoms with E-state index in [4.69, 9.17) is 0 Å². The molecular weight excluding hydrogens is 264 g/mol. The SMILES string of the molecule is CCCC1C(CCCCc2ccccc2)=Cc2ccccc21. The smallest absolute Gasteiger partial charge is 0.00573 e. The lowest BCUT2D eigenvalue weighted by Gasteiger charge is -2.16. The minimum Gasteiger partial charge on any atom is -0.0653 e. The number of benzene rings is 2. The molecule has 0 amide bonds. The Kier molecular flexibility index (Phi) is 5.11. The van der Waals surface area contributed by atoms with Crippen molar-refractivity contribution in [2.75, 3.05) is 0 Å². The van der Waals surface area contributed by atoms with E-state index in [9.17, 15) is 0 Å². The number of rotatable bonds is 7. The van der Waals surface area contributed by atoms with Gasteiger partial charge >= 0.3 is 0 Å². The lowest BCUT2D eigenvalue weighted by molar-refractivity contribution is 0.641. The first-order valence-corrected chi connectivity index (χ1v) is 8.72. The van der Waals surface area contributed by atoms with Gasteiger partial charge in [-0.15, -0.1) is 0 Å². The Morgan fingerprint density at radius 3 is 2.36 bits per heavy atom. The van der Waals surface area contributed by atoms with Crippen molar-refractivity contribution in [3.63, 3.8) is 0 Å². The van der Waals surface area contributed by atoms with E-state index in [0.717, 1.165) is 0 Å². The van der Waals surface area contributed by atoms with Gasteiger partial charge in [0.2, 0.25) is 0 Å². The van der Waals surface area contributed by atoms with Crippen LogP contribution in [-0.4, -0.2) is 0 Å². The molecule has 114 valence electrons. The Morgan fingerprint density at radius 2 is 1.55 bits per heavy atom. The van der Waals surface area contributed by atoms with Crippen LogP contribution in [0.15, 0.2) is 60.2 Å². The standard InChI is InChI=1S/C22H26/c1-2-10-21-19(17-20-15-8-9-16-22(20)21)14-7-6-13-18-11-4-3-5-12-18/h3-5,8-9,11-12,15-17,21H,2,6-7,10,13-14H2,1H3. The second-order valence-electron chi connectivity index (χ2n) is 6.38. The van der Waals surface area contributed by atoms with Gasteiger partial charge in [-0.1, -0.05) is 79.6 Å². The Morgan fingerprint density at radius 1 is 0.818 bits per heavy atom. The van der Waals surface area contributed by atoms with Gasteiger partial charge in [0.15, 0.2) is 0 Å². The molecule has 1 unspecified atom stereocenters. The molecule has 0 heterocycles. The largest absolute Gasteiger partial charge is 0.0653 e. The second kappa shape index (κ2) is 7.45. The Bertz CT molecular complexity index is 621. The number of hydrogen-bond donors (Lipinski definition) is 0. The quantitative estimate of drug-likeness (QED) is 0.519. The molecule has 0 aromatic heterocycles. The summed E-state index contributed by atoms with van der Waals surface area (Å²) in [5.74, 6) is 0.679. The van der Waals surface area contributed by atoms with Crippen molar-refractivity contribution < 1.29 is 0 Å². The van der Waals surface area contributed by atoms with Gasteiger partial charge in [0.25, 0.3) is 0 Å². The number of allylic oxidation sites excluding steroid dienone is 1. The van der Waals surface area contributed by atoms with Crippen LogP contribution < -0.4 is 0 Å². The van der Waals surface area contributed by atoms with Crippen molar-refractivity contribution in [2.45, 2.75) is 51.4 Å². The van der Waals surface area contributed by atoms with Gasteiger partial charge in [-0.2, -0.15) is 0 Å². The summed E-state index contributed by atoms with van der Waals surface area (Å²) in [5.41, 5.74) is 6.15. The molecule has 2 aromatic carbocycles. The minimum absolute atomic E-state index is 0.679. The summed E-state index contributed by atoms with van der Waals surface area (Å²) in [5, 5.41) is 0. The van der Waals surface area contributed by atoms with Crippen LogP contribution >= 0.6 is 0 Å². The van der Waals surface area contributed by atoms with Crippen molar-refractivity contribution in [1.82, 2.24) is 0 Å². The zero-order valence-corrected chi connectivity index (χ0v) is 13.6. The van der Waals surface area contributed by atoms with Crippen LogP contribution in [0.5, 0.6) is 0 Å². The molecule has 1 aliphatic carbocycles. The van der Waals surface area contributed by atoms with Crippen molar-refractivity contribution in [2.24, 2.45) is 0 Å². The molecule has 0 heteroatoms. The fourth-order valence-electron chi connectivity index (χ4n) is 3.64. The summed E-state index contributed by atoms with van der Waals surface area (Å²) >= 11 is 0. The van der Waals surface area contributed by atoms with E-state index < -0.39 is 0 Å². The number of hydrogen-bond acceptors (Lipinski definition) is 0.